The van der Waals surface area contributed by atoms with Crippen LogP contribution in [0.15, 0.2) is 30.3 Å². The van der Waals surface area contributed by atoms with E-state index in [9.17, 15) is 14.7 Å². The second kappa shape index (κ2) is 12.4. The summed E-state index contributed by atoms with van der Waals surface area (Å²) in [7, 11) is 0. The molecule has 3 atom stereocenters. The highest BCUT2D eigenvalue weighted by atomic mass is 16.6. The molecular formula is C26H43N3O4. The van der Waals surface area contributed by atoms with E-state index in [0.29, 0.717) is 19.5 Å². The number of nitrogens with zero attached hydrogens (tertiary/aromatic N) is 2. The van der Waals surface area contributed by atoms with Gasteiger partial charge in [-0.25, -0.2) is 4.79 Å². The Kier molecular flexibility index (Phi) is 10.2. The lowest BCUT2D eigenvalue weighted by Crippen LogP contribution is -2.64. The van der Waals surface area contributed by atoms with Crippen LogP contribution in [0.3, 0.4) is 0 Å². The second-order valence-corrected chi connectivity index (χ2v) is 10.1. The van der Waals surface area contributed by atoms with Crippen LogP contribution in [-0.2, 0) is 16.0 Å². The number of hydrogen-bond acceptors (Lipinski definition) is 5. The van der Waals surface area contributed by atoms with Crippen molar-refractivity contribution in [3.8, 4) is 0 Å². The van der Waals surface area contributed by atoms with Crippen LogP contribution in [0.5, 0.6) is 0 Å². The predicted octanol–water partition coefficient (Wildman–Crippen LogP) is 3.58. The van der Waals surface area contributed by atoms with Gasteiger partial charge in [-0.05, 0) is 45.6 Å². The number of nitrogens with two attached hydrogens (primary N) is 1. The van der Waals surface area contributed by atoms with Crippen molar-refractivity contribution < 1.29 is 19.4 Å². The molecule has 0 bridgehead atoms. The molecule has 7 nitrogen and oxygen atoms in total. The fourth-order valence-electron chi connectivity index (χ4n) is 4.49. The van der Waals surface area contributed by atoms with Crippen molar-refractivity contribution in [1.82, 2.24) is 9.80 Å². The molecule has 0 radical (unpaired) electrons. The zero-order valence-electron chi connectivity index (χ0n) is 21.0. The first-order valence-electron chi connectivity index (χ1n) is 12.3. The van der Waals surface area contributed by atoms with Gasteiger partial charge in [0.25, 0.3) is 0 Å². The van der Waals surface area contributed by atoms with Crippen molar-refractivity contribution in [3.05, 3.63) is 35.9 Å². The standard InChI is InChI=1S/C26H43N3O4/c1-6-11-20(12-7-2)24(31)28-15-16-29(25(32)33-26(3,4)5)22(18-28)23(30)21(27)17-19-13-9-8-10-14-19/h8-10,13-14,20-23,30H,6-7,11-12,15-18,27H2,1-5H3/t21-,22-,23+/m1/s1. The number of carbonyl (C=O) groups is 2. The fraction of sp³-hybridized carbons (Fsp3) is 0.692. The summed E-state index contributed by atoms with van der Waals surface area (Å²) in [4.78, 5) is 29.6. The van der Waals surface area contributed by atoms with Crippen LogP contribution in [0.25, 0.3) is 0 Å². The Morgan fingerprint density at radius 2 is 1.73 bits per heavy atom. The number of carbonyl (C=O) groups excluding carboxylic acids is 2. The zero-order chi connectivity index (χ0) is 24.6. The molecule has 1 aromatic carbocycles. The van der Waals surface area contributed by atoms with E-state index in [1.807, 2.05) is 51.1 Å². The Hall–Kier alpha value is -2.12. The molecular weight excluding hydrogens is 418 g/mol. The monoisotopic (exact) mass is 461 g/mol. The van der Waals surface area contributed by atoms with E-state index in [4.69, 9.17) is 10.5 Å². The lowest BCUT2D eigenvalue weighted by molar-refractivity contribution is -0.140. The van der Waals surface area contributed by atoms with Gasteiger partial charge in [0.1, 0.15) is 5.60 Å². The number of hydrogen-bond donors (Lipinski definition) is 2. The largest absolute Gasteiger partial charge is 0.444 e. The van der Waals surface area contributed by atoms with Gasteiger partial charge in [0.05, 0.1) is 12.1 Å². The van der Waals surface area contributed by atoms with Crippen LogP contribution in [0, 0.1) is 5.92 Å². The maximum atomic E-state index is 13.3. The zero-order valence-corrected chi connectivity index (χ0v) is 21.0. The van der Waals surface area contributed by atoms with Crippen LogP contribution >= 0.6 is 0 Å². The summed E-state index contributed by atoms with van der Waals surface area (Å²) >= 11 is 0. The van der Waals surface area contributed by atoms with Crippen LogP contribution < -0.4 is 5.73 Å². The predicted molar refractivity (Wildman–Crippen MR) is 131 cm³/mol. The van der Waals surface area contributed by atoms with Crippen molar-refractivity contribution in [3.63, 3.8) is 0 Å². The summed E-state index contributed by atoms with van der Waals surface area (Å²) in [6, 6.07) is 8.53. The third-order valence-electron chi connectivity index (χ3n) is 6.13. The third-order valence-corrected chi connectivity index (χ3v) is 6.13. The Morgan fingerprint density at radius 1 is 1.12 bits per heavy atom. The fourth-order valence-corrected chi connectivity index (χ4v) is 4.49. The van der Waals surface area contributed by atoms with E-state index >= 15 is 0 Å². The first kappa shape index (κ1) is 27.1. The van der Waals surface area contributed by atoms with E-state index < -0.39 is 29.9 Å². The number of rotatable bonds is 9. The molecule has 0 spiro atoms. The molecule has 33 heavy (non-hydrogen) atoms. The Morgan fingerprint density at radius 3 is 2.27 bits per heavy atom. The summed E-state index contributed by atoms with van der Waals surface area (Å²) in [6.45, 7) is 10.6. The molecule has 1 aliphatic heterocycles. The Balaban J connectivity index is 2.22. The summed E-state index contributed by atoms with van der Waals surface area (Å²) < 4.78 is 5.61. The number of amides is 2. The number of benzene rings is 1. The molecule has 0 aliphatic carbocycles. The van der Waals surface area contributed by atoms with Crippen LogP contribution in [0.1, 0.15) is 65.9 Å². The smallest absolute Gasteiger partial charge is 0.410 e. The molecule has 3 N–H and O–H groups in total. The van der Waals surface area contributed by atoms with Crippen molar-refractivity contribution >= 4 is 12.0 Å². The number of piperazine rings is 1. The van der Waals surface area contributed by atoms with Gasteiger partial charge in [-0.2, -0.15) is 0 Å². The van der Waals surface area contributed by atoms with E-state index in [2.05, 4.69) is 13.8 Å². The molecule has 1 aromatic rings. The van der Waals surface area contributed by atoms with Gasteiger partial charge in [-0.15, -0.1) is 0 Å². The summed E-state index contributed by atoms with van der Waals surface area (Å²) in [5.41, 5.74) is 6.78. The minimum absolute atomic E-state index is 0.0242. The minimum atomic E-state index is -0.996. The highest BCUT2D eigenvalue weighted by Crippen LogP contribution is 2.24. The molecule has 1 aliphatic rings. The maximum absolute atomic E-state index is 13.3. The van der Waals surface area contributed by atoms with Crippen molar-refractivity contribution in [2.75, 3.05) is 19.6 Å². The summed E-state index contributed by atoms with van der Waals surface area (Å²) in [5, 5.41) is 11.3. The average Bonchev–Trinajstić information content (AvgIpc) is 2.77. The van der Waals surface area contributed by atoms with Gasteiger partial charge in [0.15, 0.2) is 0 Å². The maximum Gasteiger partial charge on any atom is 0.410 e. The Labute approximate surface area is 199 Å². The Bertz CT molecular complexity index is 744. The number of aliphatic hydroxyl groups excluding tert-OH is 1. The van der Waals surface area contributed by atoms with E-state index in [-0.39, 0.29) is 18.4 Å². The van der Waals surface area contributed by atoms with Crippen molar-refractivity contribution in [2.45, 2.75) is 90.5 Å². The lowest BCUT2D eigenvalue weighted by Gasteiger charge is -2.45. The van der Waals surface area contributed by atoms with Gasteiger partial charge >= 0.3 is 6.09 Å². The van der Waals surface area contributed by atoms with Crippen molar-refractivity contribution in [1.29, 1.82) is 0 Å². The highest BCUT2D eigenvalue weighted by Gasteiger charge is 2.41. The molecule has 7 heteroatoms. The first-order chi connectivity index (χ1) is 15.6. The molecule has 0 unspecified atom stereocenters. The number of aliphatic hydroxyl groups is 1. The van der Waals surface area contributed by atoms with Gasteiger partial charge in [-0.1, -0.05) is 57.0 Å². The van der Waals surface area contributed by atoms with E-state index in [1.165, 1.54) is 0 Å². The van der Waals surface area contributed by atoms with Gasteiger partial charge < -0.3 is 20.5 Å². The molecule has 186 valence electrons. The van der Waals surface area contributed by atoms with E-state index in [1.54, 1.807) is 9.80 Å². The topological polar surface area (TPSA) is 96.1 Å². The molecule has 1 heterocycles. The second-order valence-electron chi connectivity index (χ2n) is 10.1. The van der Waals surface area contributed by atoms with Gasteiger partial charge in [0.2, 0.25) is 5.91 Å². The SMILES string of the molecule is CCCC(CCC)C(=O)N1CCN(C(=O)OC(C)(C)C)[C@@H]([C@@H](O)[C@H](N)Cc2ccccc2)C1. The molecule has 2 amide bonds. The van der Waals surface area contributed by atoms with Crippen LogP contribution in [0.2, 0.25) is 0 Å². The van der Waals surface area contributed by atoms with E-state index in [0.717, 1.165) is 31.2 Å². The van der Waals surface area contributed by atoms with Crippen LogP contribution in [0.4, 0.5) is 4.79 Å². The van der Waals surface area contributed by atoms with Gasteiger partial charge in [-0.3, -0.25) is 9.69 Å². The molecule has 2 rings (SSSR count). The summed E-state index contributed by atoms with van der Waals surface area (Å²) in [6.07, 6.45) is 2.58. The quantitative estimate of drug-likeness (QED) is 0.586. The van der Waals surface area contributed by atoms with Gasteiger partial charge in [0, 0.05) is 31.6 Å². The molecule has 0 saturated carbocycles. The molecule has 0 aromatic heterocycles. The first-order valence-corrected chi connectivity index (χ1v) is 12.3. The third kappa shape index (κ3) is 8.00. The highest BCUT2D eigenvalue weighted by molar-refractivity contribution is 5.79. The van der Waals surface area contributed by atoms with Crippen molar-refractivity contribution in [2.24, 2.45) is 11.7 Å². The minimum Gasteiger partial charge on any atom is -0.444 e. The normalized spacial score (nSPS) is 18.8. The number of ether oxygens (including phenoxy) is 1. The lowest BCUT2D eigenvalue weighted by atomic mass is 9.93. The average molecular weight is 462 g/mol. The molecule has 1 saturated heterocycles. The van der Waals surface area contributed by atoms with Crippen LogP contribution in [-0.4, -0.2) is 70.3 Å². The summed E-state index contributed by atoms with van der Waals surface area (Å²) in [5.74, 6) is 0.0835. The molecule has 1 fully saturated rings.